The van der Waals surface area contributed by atoms with Gasteiger partial charge in [0.25, 0.3) is 0 Å². The lowest BCUT2D eigenvalue weighted by molar-refractivity contribution is -0.161. The van der Waals surface area contributed by atoms with Crippen LogP contribution in [0.4, 0.5) is 0 Å². The Morgan fingerprint density at radius 3 is 2.41 bits per heavy atom. The molecular formula is C19H30O3. The molecule has 0 spiro atoms. The molecule has 8 atom stereocenters. The van der Waals surface area contributed by atoms with Crippen molar-refractivity contribution < 1.29 is 15.0 Å². The Labute approximate surface area is 133 Å². The van der Waals surface area contributed by atoms with E-state index in [2.05, 4.69) is 13.8 Å². The Balaban J connectivity index is 1.68. The van der Waals surface area contributed by atoms with E-state index in [4.69, 9.17) is 0 Å². The number of aliphatic hydroxyl groups excluding tert-OH is 2. The number of rotatable bonds is 0. The fourth-order valence-corrected chi connectivity index (χ4v) is 6.99. The van der Waals surface area contributed by atoms with E-state index in [1.807, 2.05) is 0 Å². The number of aliphatic hydroxyl groups is 2. The molecule has 22 heavy (non-hydrogen) atoms. The molecule has 4 aliphatic rings. The molecule has 0 heterocycles. The standard InChI is InChI=1S/C19H30O3/c1-18-7-5-11(20)9-15(18)16(21)10-12-13-3-4-17(22)19(13,2)8-6-14(12)18/h11-15,17,20,22H,3-10H2,1-2H3/t11-,12-,13-,14-,15-,17-,18+,19-/m0/s1. The van der Waals surface area contributed by atoms with Crippen molar-refractivity contribution >= 4 is 5.78 Å². The number of carbonyl (C=O) groups excluding carboxylic acids is 1. The van der Waals surface area contributed by atoms with Crippen molar-refractivity contribution in [3.05, 3.63) is 0 Å². The van der Waals surface area contributed by atoms with Crippen molar-refractivity contribution in [2.24, 2.45) is 34.5 Å². The zero-order valence-corrected chi connectivity index (χ0v) is 13.9. The van der Waals surface area contributed by atoms with Crippen LogP contribution in [-0.4, -0.2) is 28.2 Å². The summed E-state index contributed by atoms with van der Waals surface area (Å²) in [6.07, 6.45) is 7.06. The summed E-state index contributed by atoms with van der Waals surface area (Å²) in [4.78, 5) is 12.8. The zero-order valence-electron chi connectivity index (χ0n) is 13.9. The summed E-state index contributed by atoms with van der Waals surface area (Å²) >= 11 is 0. The Morgan fingerprint density at radius 2 is 1.64 bits per heavy atom. The van der Waals surface area contributed by atoms with E-state index in [1.165, 1.54) is 0 Å². The third-order valence-corrected chi connectivity index (χ3v) is 8.38. The summed E-state index contributed by atoms with van der Waals surface area (Å²) in [7, 11) is 0. The molecule has 0 saturated heterocycles. The number of hydrogen-bond acceptors (Lipinski definition) is 3. The SMILES string of the molecule is C[C@]12CC[C@H](O)C[C@H]1C(=O)C[C@@H]1[C@@H]2CC[C@]2(C)[C@@H](O)CC[C@@H]12. The van der Waals surface area contributed by atoms with Crippen LogP contribution >= 0.6 is 0 Å². The van der Waals surface area contributed by atoms with E-state index in [0.29, 0.717) is 36.4 Å². The van der Waals surface area contributed by atoms with E-state index in [0.717, 1.165) is 38.5 Å². The van der Waals surface area contributed by atoms with Gasteiger partial charge in [-0.2, -0.15) is 0 Å². The summed E-state index contributed by atoms with van der Waals surface area (Å²) in [5.41, 5.74) is 0.132. The first-order valence-electron chi connectivity index (χ1n) is 9.25. The van der Waals surface area contributed by atoms with Gasteiger partial charge in [0.15, 0.2) is 0 Å². The van der Waals surface area contributed by atoms with E-state index in [1.54, 1.807) is 0 Å². The molecule has 0 bridgehead atoms. The third kappa shape index (κ3) is 1.84. The second kappa shape index (κ2) is 4.80. The highest BCUT2D eigenvalue weighted by Crippen LogP contribution is 2.65. The van der Waals surface area contributed by atoms with Gasteiger partial charge in [0, 0.05) is 12.3 Å². The van der Waals surface area contributed by atoms with Gasteiger partial charge in [-0.15, -0.1) is 0 Å². The molecule has 4 aliphatic carbocycles. The van der Waals surface area contributed by atoms with E-state index in [-0.39, 0.29) is 29.0 Å². The summed E-state index contributed by atoms with van der Waals surface area (Å²) in [6, 6.07) is 0. The van der Waals surface area contributed by atoms with Gasteiger partial charge in [0.05, 0.1) is 12.2 Å². The fraction of sp³-hybridized carbons (Fsp3) is 0.947. The van der Waals surface area contributed by atoms with Crippen molar-refractivity contribution in [2.45, 2.75) is 77.4 Å². The summed E-state index contributed by atoms with van der Waals surface area (Å²) in [6.45, 7) is 4.58. The Bertz CT molecular complexity index is 489. The largest absolute Gasteiger partial charge is 0.393 e. The van der Waals surface area contributed by atoms with E-state index >= 15 is 0 Å². The highest BCUT2D eigenvalue weighted by molar-refractivity contribution is 5.83. The molecule has 0 aromatic carbocycles. The molecule has 0 aliphatic heterocycles. The minimum absolute atomic E-state index is 0.0405. The maximum atomic E-state index is 12.8. The molecule has 0 aromatic rings. The first kappa shape index (κ1) is 15.1. The molecule has 4 saturated carbocycles. The van der Waals surface area contributed by atoms with Gasteiger partial charge in [-0.25, -0.2) is 0 Å². The van der Waals surface area contributed by atoms with Gasteiger partial charge in [-0.3, -0.25) is 4.79 Å². The highest BCUT2D eigenvalue weighted by Gasteiger charge is 2.61. The van der Waals surface area contributed by atoms with Crippen LogP contribution in [0.5, 0.6) is 0 Å². The molecule has 0 unspecified atom stereocenters. The van der Waals surface area contributed by atoms with Crippen molar-refractivity contribution in [1.82, 2.24) is 0 Å². The molecular weight excluding hydrogens is 276 g/mol. The fourth-order valence-electron chi connectivity index (χ4n) is 6.99. The van der Waals surface area contributed by atoms with E-state index < -0.39 is 0 Å². The van der Waals surface area contributed by atoms with Crippen LogP contribution < -0.4 is 0 Å². The van der Waals surface area contributed by atoms with Crippen molar-refractivity contribution in [2.75, 3.05) is 0 Å². The van der Waals surface area contributed by atoms with Crippen LogP contribution in [0.1, 0.15) is 65.2 Å². The number of hydrogen-bond donors (Lipinski definition) is 2. The number of fused-ring (bicyclic) bond motifs is 5. The van der Waals surface area contributed by atoms with Gasteiger partial charge >= 0.3 is 0 Å². The second-order valence-electron chi connectivity index (χ2n) is 9.17. The normalized spacial score (nSPS) is 57.9. The molecule has 0 aromatic heterocycles. The van der Waals surface area contributed by atoms with Gasteiger partial charge in [0.1, 0.15) is 5.78 Å². The molecule has 4 rings (SSSR count). The van der Waals surface area contributed by atoms with Crippen LogP contribution in [0.25, 0.3) is 0 Å². The first-order chi connectivity index (χ1) is 10.4. The zero-order chi connectivity index (χ0) is 15.7. The van der Waals surface area contributed by atoms with Gasteiger partial charge in [0.2, 0.25) is 0 Å². The molecule has 3 nitrogen and oxygen atoms in total. The van der Waals surface area contributed by atoms with Crippen molar-refractivity contribution in [3.63, 3.8) is 0 Å². The molecule has 124 valence electrons. The van der Waals surface area contributed by atoms with Gasteiger partial charge in [-0.1, -0.05) is 13.8 Å². The summed E-state index contributed by atoms with van der Waals surface area (Å²) in [5, 5.41) is 20.5. The molecule has 2 N–H and O–H groups in total. The lowest BCUT2D eigenvalue weighted by Gasteiger charge is -2.59. The lowest BCUT2D eigenvalue weighted by atomic mass is 9.45. The lowest BCUT2D eigenvalue weighted by Crippen LogP contribution is -2.57. The van der Waals surface area contributed by atoms with Gasteiger partial charge < -0.3 is 10.2 Å². The monoisotopic (exact) mass is 306 g/mol. The van der Waals surface area contributed by atoms with Crippen LogP contribution in [0.15, 0.2) is 0 Å². The topological polar surface area (TPSA) is 57.5 Å². The Kier molecular flexibility index (Phi) is 3.30. The first-order valence-corrected chi connectivity index (χ1v) is 9.25. The predicted octanol–water partition coefficient (Wildman–Crippen LogP) is 2.93. The maximum Gasteiger partial charge on any atom is 0.136 e. The highest BCUT2D eigenvalue weighted by atomic mass is 16.3. The minimum Gasteiger partial charge on any atom is -0.393 e. The Hall–Kier alpha value is -0.410. The van der Waals surface area contributed by atoms with Crippen molar-refractivity contribution in [1.29, 1.82) is 0 Å². The van der Waals surface area contributed by atoms with Crippen molar-refractivity contribution in [3.8, 4) is 0 Å². The van der Waals surface area contributed by atoms with Crippen LogP contribution in [0, 0.1) is 34.5 Å². The molecule has 0 radical (unpaired) electrons. The van der Waals surface area contributed by atoms with Crippen LogP contribution in [0.2, 0.25) is 0 Å². The quantitative estimate of drug-likeness (QED) is 0.723. The molecule has 3 heteroatoms. The number of carbonyl (C=O) groups is 1. The van der Waals surface area contributed by atoms with Crippen LogP contribution in [-0.2, 0) is 4.79 Å². The predicted molar refractivity (Wildman–Crippen MR) is 84.1 cm³/mol. The maximum absolute atomic E-state index is 12.8. The average Bonchev–Trinajstić information content (AvgIpc) is 2.77. The molecule has 0 amide bonds. The van der Waals surface area contributed by atoms with E-state index in [9.17, 15) is 15.0 Å². The summed E-state index contributed by atoms with van der Waals surface area (Å²) in [5.74, 6) is 2.09. The summed E-state index contributed by atoms with van der Waals surface area (Å²) < 4.78 is 0. The third-order valence-electron chi connectivity index (χ3n) is 8.38. The van der Waals surface area contributed by atoms with Crippen LogP contribution in [0.3, 0.4) is 0 Å². The Morgan fingerprint density at radius 1 is 0.955 bits per heavy atom. The molecule has 4 fully saturated rings. The number of ketones is 1. The average molecular weight is 306 g/mol. The number of Topliss-reactive ketones (excluding diaryl/α,β-unsaturated/α-hetero) is 1. The minimum atomic E-state index is -0.277. The second-order valence-corrected chi connectivity index (χ2v) is 9.17. The smallest absolute Gasteiger partial charge is 0.136 e. The van der Waals surface area contributed by atoms with Gasteiger partial charge in [-0.05, 0) is 73.5 Å².